The van der Waals surface area contributed by atoms with Gasteiger partial charge in [-0.3, -0.25) is 14.4 Å². The summed E-state index contributed by atoms with van der Waals surface area (Å²) < 4.78 is 5.10. The maximum atomic E-state index is 13.3. The molecule has 0 unspecified atom stereocenters. The van der Waals surface area contributed by atoms with Crippen molar-refractivity contribution < 1.29 is 24.2 Å². The lowest BCUT2D eigenvalue weighted by atomic mass is 9.80. The number of aromatic hydroxyl groups is 1. The standard InChI is InChI=1S/C27H41N3O5/c1-26(2,3)19-14-16(8-11-22(19)31)23(32)28-20-12-13-30(24(20)33)21-10-9-17(29-27(4,5)6)15-18(21)25(34)35-7/h8,11,14,17-18,20-21,29,31H,9-10,12-13,15H2,1-7H3,(H,28,32)/t17-,18-,20+,21+/m1/s1. The van der Waals surface area contributed by atoms with E-state index in [-0.39, 0.29) is 46.6 Å². The van der Waals surface area contributed by atoms with Crippen LogP contribution < -0.4 is 10.6 Å². The van der Waals surface area contributed by atoms with Gasteiger partial charge in [-0.1, -0.05) is 20.8 Å². The highest BCUT2D eigenvalue weighted by Gasteiger charge is 2.45. The Morgan fingerprint density at radius 3 is 2.37 bits per heavy atom. The predicted octanol–water partition coefficient (Wildman–Crippen LogP) is 3.12. The van der Waals surface area contributed by atoms with Gasteiger partial charge >= 0.3 is 5.97 Å². The van der Waals surface area contributed by atoms with Crippen LogP contribution >= 0.6 is 0 Å². The number of nitrogens with zero attached hydrogens (tertiary/aromatic N) is 1. The molecule has 1 saturated heterocycles. The molecule has 1 aromatic rings. The SMILES string of the molecule is COC(=O)[C@@H]1C[C@H](NC(C)(C)C)CC[C@@H]1N1CC[C@H](NC(=O)c2ccc(O)c(C(C)(C)C)c2)C1=O. The van der Waals surface area contributed by atoms with Gasteiger partial charge in [0.25, 0.3) is 5.91 Å². The lowest BCUT2D eigenvalue weighted by Crippen LogP contribution is -2.55. The first-order valence-corrected chi connectivity index (χ1v) is 12.5. The van der Waals surface area contributed by atoms with Crippen LogP contribution in [0.4, 0.5) is 0 Å². The van der Waals surface area contributed by atoms with Crippen LogP contribution in [0.2, 0.25) is 0 Å². The highest BCUT2D eigenvalue weighted by molar-refractivity contribution is 5.98. The van der Waals surface area contributed by atoms with Crippen LogP contribution in [-0.2, 0) is 19.7 Å². The lowest BCUT2D eigenvalue weighted by Gasteiger charge is -2.41. The number of esters is 1. The number of phenols is 1. The van der Waals surface area contributed by atoms with Crippen LogP contribution in [0.25, 0.3) is 0 Å². The van der Waals surface area contributed by atoms with E-state index in [2.05, 4.69) is 31.4 Å². The molecule has 0 spiro atoms. The molecule has 3 rings (SSSR count). The molecule has 194 valence electrons. The van der Waals surface area contributed by atoms with E-state index in [0.29, 0.717) is 36.9 Å². The van der Waals surface area contributed by atoms with Crippen LogP contribution in [0.5, 0.6) is 5.75 Å². The molecule has 0 aromatic heterocycles. The molecule has 4 atom stereocenters. The molecule has 1 saturated carbocycles. The molecular weight excluding hydrogens is 446 g/mol. The predicted molar refractivity (Wildman–Crippen MR) is 134 cm³/mol. The maximum absolute atomic E-state index is 13.3. The van der Waals surface area contributed by atoms with Gasteiger partial charge in [0.1, 0.15) is 11.8 Å². The summed E-state index contributed by atoms with van der Waals surface area (Å²) in [7, 11) is 1.39. The first kappa shape index (κ1) is 27.0. The van der Waals surface area contributed by atoms with E-state index >= 15 is 0 Å². The van der Waals surface area contributed by atoms with E-state index in [4.69, 9.17) is 4.74 Å². The summed E-state index contributed by atoms with van der Waals surface area (Å²) in [5, 5.41) is 16.6. The molecule has 35 heavy (non-hydrogen) atoms. The van der Waals surface area contributed by atoms with Gasteiger partial charge in [0.15, 0.2) is 0 Å². The van der Waals surface area contributed by atoms with Crippen molar-refractivity contribution in [3.8, 4) is 5.75 Å². The monoisotopic (exact) mass is 487 g/mol. The summed E-state index contributed by atoms with van der Waals surface area (Å²) in [6.07, 6.45) is 2.66. The maximum Gasteiger partial charge on any atom is 0.310 e. The van der Waals surface area contributed by atoms with E-state index in [1.807, 2.05) is 20.8 Å². The van der Waals surface area contributed by atoms with Gasteiger partial charge in [0, 0.05) is 35.3 Å². The number of ether oxygens (including phenoxy) is 1. The zero-order valence-electron chi connectivity index (χ0n) is 22.1. The van der Waals surface area contributed by atoms with Crippen molar-refractivity contribution >= 4 is 17.8 Å². The van der Waals surface area contributed by atoms with Crippen molar-refractivity contribution in [2.24, 2.45) is 5.92 Å². The van der Waals surface area contributed by atoms with Gasteiger partial charge in [0.2, 0.25) is 5.91 Å². The molecule has 3 N–H and O–H groups in total. The molecule has 1 aliphatic carbocycles. The topological polar surface area (TPSA) is 108 Å². The van der Waals surface area contributed by atoms with Gasteiger partial charge in [-0.05, 0) is 70.1 Å². The molecule has 2 fully saturated rings. The van der Waals surface area contributed by atoms with E-state index in [1.165, 1.54) is 13.2 Å². The third-order valence-electron chi connectivity index (χ3n) is 6.97. The molecule has 0 radical (unpaired) electrons. The van der Waals surface area contributed by atoms with Crippen molar-refractivity contribution in [2.45, 2.75) is 96.3 Å². The number of carbonyl (C=O) groups is 3. The number of benzene rings is 1. The third kappa shape index (κ3) is 6.34. The molecule has 2 amide bonds. The quantitative estimate of drug-likeness (QED) is 0.551. The molecule has 8 heteroatoms. The fourth-order valence-corrected chi connectivity index (χ4v) is 5.36. The van der Waals surface area contributed by atoms with Gasteiger partial charge < -0.3 is 25.4 Å². The van der Waals surface area contributed by atoms with Crippen LogP contribution in [0.15, 0.2) is 18.2 Å². The molecule has 1 aromatic carbocycles. The average molecular weight is 488 g/mol. The summed E-state index contributed by atoms with van der Waals surface area (Å²) in [5.41, 5.74) is 0.674. The Bertz CT molecular complexity index is 963. The number of methoxy groups -OCH3 is 1. The molecule has 0 bridgehead atoms. The van der Waals surface area contributed by atoms with Crippen LogP contribution in [0.1, 0.15) is 83.1 Å². The van der Waals surface area contributed by atoms with Gasteiger partial charge in [-0.15, -0.1) is 0 Å². The molecular formula is C27H41N3O5. The number of nitrogens with one attached hydrogen (secondary N) is 2. The number of phenolic OH excluding ortho intramolecular Hbond substituents is 1. The number of rotatable bonds is 5. The number of carbonyl (C=O) groups excluding carboxylic acids is 3. The third-order valence-corrected chi connectivity index (χ3v) is 6.97. The van der Waals surface area contributed by atoms with E-state index in [9.17, 15) is 19.5 Å². The van der Waals surface area contributed by atoms with Crippen molar-refractivity contribution in [2.75, 3.05) is 13.7 Å². The van der Waals surface area contributed by atoms with E-state index < -0.39 is 12.0 Å². The fourth-order valence-electron chi connectivity index (χ4n) is 5.36. The Labute approximate surface area is 208 Å². The van der Waals surface area contributed by atoms with Gasteiger partial charge in [-0.25, -0.2) is 0 Å². The van der Waals surface area contributed by atoms with E-state index in [0.717, 1.165) is 6.42 Å². The Balaban J connectivity index is 1.71. The summed E-state index contributed by atoms with van der Waals surface area (Å²) in [5.74, 6) is -1.07. The minimum Gasteiger partial charge on any atom is -0.508 e. The van der Waals surface area contributed by atoms with Crippen molar-refractivity contribution in [3.63, 3.8) is 0 Å². The number of hydrogen-bond donors (Lipinski definition) is 3. The fraction of sp³-hybridized carbons (Fsp3) is 0.667. The minimum atomic E-state index is -0.641. The second-order valence-corrected chi connectivity index (χ2v) is 11.9. The number of likely N-dealkylation sites (tertiary alicyclic amines) is 1. The smallest absolute Gasteiger partial charge is 0.310 e. The highest BCUT2D eigenvalue weighted by atomic mass is 16.5. The average Bonchev–Trinajstić information content (AvgIpc) is 3.11. The highest BCUT2D eigenvalue weighted by Crippen LogP contribution is 2.34. The number of hydrogen-bond acceptors (Lipinski definition) is 6. The molecule has 1 heterocycles. The second kappa shape index (κ2) is 10.2. The van der Waals surface area contributed by atoms with Crippen LogP contribution in [0, 0.1) is 5.92 Å². The Morgan fingerprint density at radius 2 is 1.77 bits per heavy atom. The normalized spacial score (nSPS) is 25.5. The molecule has 8 nitrogen and oxygen atoms in total. The van der Waals surface area contributed by atoms with Crippen LogP contribution in [0.3, 0.4) is 0 Å². The van der Waals surface area contributed by atoms with Gasteiger partial charge in [0.05, 0.1) is 13.0 Å². The van der Waals surface area contributed by atoms with Gasteiger partial charge in [-0.2, -0.15) is 0 Å². The molecule has 1 aliphatic heterocycles. The van der Waals surface area contributed by atoms with Crippen LogP contribution in [-0.4, -0.2) is 65.1 Å². The zero-order valence-corrected chi connectivity index (χ0v) is 22.1. The van der Waals surface area contributed by atoms with Crippen molar-refractivity contribution in [1.82, 2.24) is 15.5 Å². The zero-order chi connectivity index (χ0) is 26.1. The van der Waals surface area contributed by atoms with Crippen molar-refractivity contribution in [3.05, 3.63) is 29.3 Å². The first-order chi connectivity index (χ1) is 16.2. The largest absolute Gasteiger partial charge is 0.508 e. The Morgan fingerprint density at radius 1 is 1.09 bits per heavy atom. The summed E-state index contributed by atoms with van der Waals surface area (Å²) in [6.45, 7) is 12.7. The van der Waals surface area contributed by atoms with E-state index in [1.54, 1.807) is 17.0 Å². The number of amides is 2. The lowest BCUT2D eigenvalue weighted by molar-refractivity contribution is -0.151. The molecule has 2 aliphatic rings. The second-order valence-electron chi connectivity index (χ2n) is 11.9. The summed E-state index contributed by atoms with van der Waals surface area (Å²) >= 11 is 0. The minimum absolute atomic E-state index is 0.0713. The van der Waals surface area contributed by atoms with Crippen molar-refractivity contribution in [1.29, 1.82) is 0 Å². The Hall–Kier alpha value is -2.61. The first-order valence-electron chi connectivity index (χ1n) is 12.5. The summed E-state index contributed by atoms with van der Waals surface area (Å²) in [4.78, 5) is 40.7. The summed E-state index contributed by atoms with van der Waals surface area (Å²) in [6, 6.07) is 4.06. The Kier molecular flexibility index (Phi) is 7.84.